The molecule has 5 aliphatic heterocycles. The van der Waals surface area contributed by atoms with E-state index in [1.807, 2.05) is 31.7 Å². The van der Waals surface area contributed by atoms with Crippen LogP contribution >= 0.6 is 0 Å². The zero-order chi connectivity index (χ0) is 52.1. The molecule has 1 aliphatic carbocycles. The van der Waals surface area contributed by atoms with E-state index in [0.29, 0.717) is 63.6 Å². The molecule has 17 heteroatoms. The van der Waals surface area contributed by atoms with E-state index in [9.17, 15) is 39.3 Å². The van der Waals surface area contributed by atoms with E-state index in [-0.39, 0.29) is 62.2 Å². The summed E-state index contributed by atoms with van der Waals surface area (Å²) in [5, 5.41) is 33.7. The standard InChI is InChI=1S/C55H88N4O13/c1-36-30-37(2)32-47(68-6)50-48(69-7)34-39(4)55(67,72-50)51(63)52(64)59-22-10-8-15-44(59)53(65)71-49(40(5)45(61)35-46(62)42(31-36)14-9-13-29-60)38(3)33-41-16-18-43(19-17-41)70-54(66)58-27-25-57(26-28-58)24-23-56-20-11-12-21-56/h9,13,31,33,37,39-45,47-50,60-61,67H,8,10-12,14-30,32,34-35H2,1-7H3/b13-9+,36-31+,38-33+/t37-,39+,40+,41?,42+,43?,44-,45-,47-,48-,49+,50+,55+/m0/s1. The number of esters is 1. The van der Waals surface area contributed by atoms with Crippen LogP contribution in [0.4, 0.5) is 4.79 Å². The first-order valence-corrected chi connectivity index (χ1v) is 27.2. The highest BCUT2D eigenvalue weighted by atomic mass is 16.7. The smallest absolute Gasteiger partial charge is 0.410 e. The Bertz CT molecular complexity index is 1910. The number of Topliss-reactive ketones (excluding diaryl/α,β-unsaturated/α-hetero) is 2. The van der Waals surface area contributed by atoms with Gasteiger partial charge in [-0.3, -0.25) is 19.3 Å². The van der Waals surface area contributed by atoms with E-state index in [0.717, 1.165) is 44.6 Å². The van der Waals surface area contributed by atoms with Gasteiger partial charge in [0.05, 0.1) is 24.9 Å². The average molecular weight is 1010 g/mol. The number of methoxy groups -OCH3 is 2. The molecule has 11 atom stereocenters. The van der Waals surface area contributed by atoms with Gasteiger partial charge >= 0.3 is 12.1 Å². The van der Waals surface area contributed by atoms with Crippen LogP contribution in [-0.4, -0.2) is 193 Å². The minimum Gasteiger partial charge on any atom is -0.456 e. The number of amides is 2. The summed E-state index contributed by atoms with van der Waals surface area (Å²) < 4.78 is 30.5. The number of likely N-dealkylation sites (tertiary alicyclic amines) is 1. The minimum atomic E-state index is -2.53. The van der Waals surface area contributed by atoms with Crippen LogP contribution in [0, 0.1) is 29.6 Å². The number of rotatable bonds is 11. The van der Waals surface area contributed by atoms with E-state index in [2.05, 4.69) is 15.9 Å². The van der Waals surface area contributed by atoms with Crippen LogP contribution < -0.4 is 0 Å². The molecule has 0 aromatic carbocycles. The molecule has 406 valence electrons. The number of nitrogens with zero attached hydrogens (tertiary/aromatic N) is 4. The normalized spacial score (nSPS) is 36.9. The van der Waals surface area contributed by atoms with Crippen LogP contribution in [-0.2, 0) is 42.9 Å². The molecule has 72 heavy (non-hydrogen) atoms. The van der Waals surface area contributed by atoms with Crippen molar-refractivity contribution in [3.05, 3.63) is 35.5 Å². The second kappa shape index (κ2) is 27.3. The zero-order valence-corrected chi connectivity index (χ0v) is 44.4. The lowest BCUT2D eigenvalue weighted by atomic mass is 9.82. The highest BCUT2D eigenvalue weighted by molar-refractivity contribution is 6.39. The van der Waals surface area contributed by atoms with Gasteiger partial charge in [0.25, 0.3) is 11.7 Å². The third kappa shape index (κ3) is 15.1. The van der Waals surface area contributed by atoms with Gasteiger partial charge in [-0.05, 0) is 128 Å². The number of piperazine rings is 1. The van der Waals surface area contributed by atoms with Gasteiger partial charge in [-0.2, -0.15) is 0 Å². The third-order valence-electron chi connectivity index (χ3n) is 16.6. The summed E-state index contributed by atoms with van der Waals surface area (Å²) >= 11 is 0. The molecule has 4 saturated heterocycles. The number of ketones is 2. The third-order valence-corrected chi connectivity index (χ3v) is 16.6. The number of ether oxygens (including phenoxy) is 5. The van der Waals surface area contributed by atoms with Crippen molar-refractivity contribution in [3.8, 4) is 0 Å². The predicted octanol–water partition coefficient (Wildman–Crippen LogP) is 5.23. The number of fused-ring (bicyclic) bond motifs is 3. The van der Waals surface area contributed by atoms with Gasteiger partial charge in [-0.25, -0.2) is 9.59 Å². The number of aliphatic hydroxyl groups excluding tert-OH is 2. The molecule has 5 fully saturated rings. The van der Waals surface area contributed by atoms with Crippen molar-refractivity contribution in [2.45, 2.75) is 173 Å². The SMILES string of the molecule is CO[C@H]1C[C@@H](C)C/C(C)=C/[C@@H](C/C=C/CO)C(=O)C[C@H](O)[C@@H](C)[C@@H](/C(C)=C/C2CCC(OC(=O)N3CCN(CCN4CCCC4)CC3)CC2)OC(=O)[C@@H]2CCCCN2C(=O)C(=O)[C@]2(O)O[C@H]1[C@@H](OC)C[C@H]2C. The molecule has 6 rings (SSSR count). The summed E-state index contributed by atoms with van der Waals surface area (Å²) in [7, 11) is 3.05. The Morgan fingerprint density at radius 2 is 1.47 bits per heavy atom. The zero-order valence-electron chi connectivity index (χ0n) is 44.4. The summed E-state index contributed by atoms with van der Waals surface area (Å²) in [5.41, 5.74) is 1.60. The summed E-state index contributed by atoms with van der Waals surface area (Å²) in [6.07, 6.45) is 10.3. The fourth-order valence-corrected chi connectivity index (χ4v) is 12.0. The van der Waals surface area contributed by atoms with Crippen molar-refractivity contribution in [3.63, 3.8) is 0 Å². The number of hydrogen-bond donors (Lipinski definition) is 3. The highest BCUT2D eigenvalue weighted by Crippen LogP contribution is 2.39. The maximum atomic E-state index is 14.6. The van der Waals surface area contributed by atoms with Crippen molar-refractivity contribution >= 4 is 29.5 Å². The Balaban J connectivity index is 1.21. The maximum Gasteiger partial charge on any atom is 0.410 e. The van der Waals surface area contributed by atoms with Gasteiger partial charge < -0.3 is 53.7 Å². The second-order valence-electron chi connectivity index (χ2n) is 22.0. The van der Waals surface area contributed by atoms with Crippen molar-refractivity contribution in [1.82, 2.24) is 19.6 Å². The van der Waals surface area contributed by atoms with Crippen molar-refractivity contribution in [1.29, 1.82) is 0 Å². The molecule has 6 aliphatic rings. The van der Waals surface area contributed by atoms with Gasteiger partial charge in [-0.15, -0.1) is 0 Å². The van der Waals surface area contributed by atoms with E-state index < -0.39 is 77.8 Å². The van der Waals surface area contributed by atoms with E-state index >= 15 is 0 Å². The molecule has 2 bridgehead atoms. The predicted molar refractivity (Wildman–Crippen MR) is 270 cm³/mol. The van der Waals surface area contributed by atoms with Crippen LogP contribution in [0.25, 0.3) is 0 Å². The lowest BCUT2D eigenvalue weighted by Gasteiger charge is -2.47. The molecule has 1 saturated carbocycles. The Morgan fingerprint density at radius 1 is 0.833 bits per heavy atom. The molecule has 0 aromatic heterocycles. The number of cyclic esters (lactones) is 1. The molecule has 0 radical (unpaired) electrons. The van der Waals surface area contributed by atoms with Gasteiger partial charge in [0.15, 0.2) is 0 Å². The maximum absolute atomic E-state index is 14.6. The first-order valence-electron chi connectivity index (χ1n) is 27.2. The fraction of sp³-hybridized carbons (Fsp3) is 0.800. The molecule has 5 heterocycles. The molecule has 0 unspecified atom stereocenters. The van der Waals surface area contributed by atoms with Crippen LogP contribution in [0.3, 0.4) is 0 Å². The lowest BCUT2D eigenvalue weighted by Crippen LogP contribution is -2.64. The summed E-state index contributed by atoms with van der Waals surface area (Å²) in [6, 6.07) is -1.16. The van der Waals surface area contributed by atoms with Crippen LogP contribution in [0.1, 0.15) is 125 Å². The highest BCUT2D eigenvalue weighted by Gasteiger charge is 2.56. The van der Waals surface area contributed by atoms with Gasteiger partial charge in [-0.1, -0.05) is 50.6 Å². The summed E-state index contributed by atoms with van der Waals surface area (Å²) in [4.78, 5) is 78.9. The number of carbonyl (C=O) groups is 5. The topological polar surface area (TPSA) is 205 Å². The number of allylic oxidation sites excluding steroid dienone is 4. The number of carbonyl (C=O) groups excluding carboxylic acids is 5. The van der Waals surface area contributed by atoms with Crippen molar-refractivity contribution in [2.24, 2.45) is 29.6 Å². The van der Waals surface area contributed by atoms with Gasteiger partial charge in [0, 0.05) is 84.2 Å². The van der Waals surface area contributed by atoms with Crippen LogP contribution in [0.2, 0.25) is 0 Å². The van der Waals surface area contributed by atoms with E-state index in [1.54, 1.807) is 26.0 Å². The van der Waals surface area contributed by atoms with Crippen molar-refractivity contribution in [2.75, 3.05) is 79.7 Å². The average Bonchev–Trinajstić information content (AvgIpc) is 3.90. The Hall–Kier alpha value is -3.55. The molecule has 0 aromatic rings. The Morgan fingerprint density at radius 3 is 2.12 bits per heavy atom. The molecule has 3 N–H and O–H groups in total. The molecule has 2 amide bonds. The number of hydrogen-bond acceptors (Lipinski definition) is 15. The largest absolute Gasteiger partial charge is 0.456 e. The Kier molecular flexibility index (Phi) is 21.9. The van der Waals surface area contributed by atoms with E-state index in [4.69, 9.17) is 23.7 Å². The van der Waals surface area contributed by atoms with Crippen LogP contribution in [0.15, 0.2) is 35.5 Å². The van der Waals surface area contributed by atoms with Crippen molar-refractivity contribution < 1.29 is 63.0 Å². The quantitative estimate of drug-likeness (QED) is 0.138. The molecule has 0 spiro atoms. The summed E-state index contributed by atoms with van der Waals surface area (Å²) in [6.45, 7) is 16.5. The number of aliphatic hydroxyl groups is 3. The van der Waals surface area contributed by atoms with Crippen LogP contribution in [0.5, 0.6) is 0 Å². The minimum absolute atomic E-state index is 0.0287. The molecular weight excluding hydrogens is 925 g/mol. The van der Waals surface area contributed by atoms with E-state index in [1.165, 1.54) is 45.1 Å². The monoisotopic (exact) mass is 1010 g/mol. The fourth-order valence-electron chi connectivity index (χ4n) is 12.0. The molecule has 17 nitrogen and oxygen atoms in total. The lowest BCUT2D eigenvalue weighted by molar-refractivity contribution is -0.302. The first-order chi connectivity index (χ1) is 34.5. The van der Waals surface area contributed by atoms with Gasteiger partial charge in [0.2, 0.25) is 5.79 Å². The Labute approximate surface area is 428 Å². The van der Waals surface area contributed by atoms with Gasteiger partial charge in [0.1, 0.15) is 30.1 Å². The first kappa shape index (κ1) is 57.7. The molecular formula is C55H88N4O13. The second-order valence-corrected chi connectivity index (χ2v) is 22.0. The summed E-state index contributed by atoms with van der Waals surface area (Å²) in [5.74, 6) is -7.94. The number of piperidine rings is 1.